The fourth-order valence-electron chi connectivity index (χ4n) is 3.81. The number of likely N-dealkylation sites (N-methyl/N-ethyl adjacent to an activating group) is 1. The maximum atomic E-state index is 12.8. The third-order valence-corrected chi connectivity index (χ3v) is 5.25. The SMILES string of the molecule is CCN(Cc1ccncc1)C(=O)C1CN1C1Cc2ccccc2C1. The van der Waals surface area contributed by atoms with Crippen LogP contribution in [0.5, 0.6) is 0 Å². The molecular formula is C20H23N3O. The van der Waals surface area contributed by atoms with Gasteiger partial charge in [0.05, 0.1) is 0 Å². The predicted octanol–water partition coefficient (Wildman–Crippen LogP) is 2.28. The number of aromatic nitrogens is 1. The zero-order chi connectivity index (χ0) is 16.5. The summed E-state index contributed by atoms with van der Waals surface area (Å²) in [5.74, 6) is 0.269. The van der Waals surface area contributed by atoms with Crippen molar-refractivity contribution < 1.29 is 4.79 Å². The lowest BCUT2D eigenvalue weighted by atomic mass is 10.1. The maximum absolute atomic E-state index is 12.8. The van der Waals surface area contributed by atoms with Crippen molar-refractivity contribution in [3.05, 3.63) is 65.5 Å². The van der Waals surface area contributed by atoms with E-state index in [1.807, 2.05) is 17.0 Å². The van der Waals surface area contributed by atoms with Crippen LogP contribution in [0.1, 0.15) is 23.6 Å². The van der Waals surface area contributed by atoms with Crippen LogP contribution >= 0.6 is 0 Å². The molecule has 24 heavy (non-hydrogen) atoms. The van der Waals surface area contributed by atoms with Crippen LogP contribution < -0.4 is 0 Å². The Hall–Kier alpha value is -2.20. The van der Waals surface area contributed by atoms with Crippen LogP contribution in [0.2, 0.25) is 0 Å². The van der Waals surface area contributed by atoms with E-state index in [1.165, 1.54) is 11.1 Å². The number of hydrogen-bond acceptors (Lipinski definition) is 3. The van der Waals surface area contributed by atoms with E-state index in [4.69, 9.17) is 0 Å². The van der Waals surface area contributed by atoms with E-state index in [0.29, 0.717) is 12.6 Å². The summed E-state index contributed by atoms with van der Waals surface area (Å²) in [5, 5.41) is 0. The molecule has 4 rings (SSSR count). The lowest BCUT2D eigenvalue weighted by molar-refractivity contribution is -0.132. The quantitative estimate of drug-likeness (QED) is 0.793. The summed E-state index contributed by atoms with van der Waals surface area (Å²) in [7, 11) is 0. The molecule has 1 amide bonds. The minimum atomic E-state index is 0.0751. The standard InChI is InChI=1S/C20H23N3O/c1-2-22(13-15-7-9-21-10-8-15)20(24)19-14-23(19)18-11-16-5-3-4-6-17(16)12-18/h3-10,18-19H,2,11-14H2,1H3. The summed E-state index contributed by atoms with van der Waals surface area (Å²) < 4.78 is 0. The Morgan fingerprint density at radius 1 is 1.17 bits per heavy atom. The first-order valence-corrected chi connectivity index (χ1v) is 8.76. The Balaban J connectivity index is 1.38. The van der Waals surface area contributed by atoms with Gasteiger partial charge >= 0.3 is 0 Å². The van der Waals surface area contributed by atoms with Crippen molar-refractivity contribution in [3.8, 4) is 0 Å². The second-order valence-electron chi connectivity index (χ2n) is 6.75. The fourth-order valence-corrected chi connectivity index (χ4v) is 3.81. The number of amides is 1. The fraction of sp³-hybridized carbons (Fsp3) is 0.400. The molecule has 2 aromatic rings. The smallest absolute Gasteiger partial charge is 0.241 e. The highest BCUT2D eigenvalue weighted by Crippen LogP contribution is 2.33. The van der Waals surface area contributed by atoms with Crippen molar-refractivity contribution in [1.82, 2.24) is 14.8 Å². The highest BCUT2D eigenvalue weighted by Gasteiger charge is 2.47. The van der Waals surface area contributed by atoms with Gasteiger partial charge in [-0.05, 0) is 48.6 Å². The third kappa shape index (κ3) is 2.94. The molecule has 1 aliphatic carbocycles. The van der Waals surface area contributed by atoms with Crippen molar-refractivity contribution in [2.24, 2.45) is 0 Å². The van der Waals surface area contributed by atoms with Crippen molar-refractivity contribution >= 4 is 5.91 Å². The first-order valence-electron chi connectivity index (χ1n) is 8.76. The second-order valence-corrected chi connectivity index (χ2v) is 6.75. The van der Waals surface area contributed by atoms with Crippen LogP contribution in [0.25, 0.3) is 0 Å². The van der Waals surface area contributed by atoms with Crippen LogP contribution in [0.4, 0.5) is 0 Å². The largest absolute Gasteiger partial charge is 0.337 e. The molecule has 1 saturated heterocycles. The van der Waals surface area contributed by atoms with Gasteiger partial charge in [-0.25, -0.2) is 0 Å². The van der Waals surface area contributed by atoms with E-state index in [0.717, 1.165) is 31.5 Å². The summed E-state index contributed by atoms with van der Waals surface area (Å²) in [6.07, 6.45) is 5.73. The van der Waals surface area contributed by atoms with Crippen molar-refractivity contribution in [2.45, 2.75) is 38.4 Å². The Labute approximate surface area is 143 Å². The number of benzene rings is 1. The zero-order valence-electron chi connectivity index (χ0n) is 14.1. The summed E-state index contributed by atoms with van der Waals surface area (Å²) in [6, 6.07) is 13.2. The highest BCUT2D eigenvalue weighted by molar-refractivity contribution is 5.85. The molecule has 1 fully saturated rings. The number of fused-ring (bicyclic) bond motifs is 1. The molecule has 2 unspecified atom stereocenters. The molecule has 2 heterocycles. The van der Waals surface area contributed by atoms with E-state index >= 15 is 0 Å². The third-order valence-electron chi connectivity index (χ3n) is 5.25. The van der Waals surface area contributed by atoms with Crippen LogP contribution in [0, 0.1) is 0 Å². The highest BCUT2D eigenvalue weighted by atomic mass is 16.2. The molecule has 1 aliphatic heterocycles. The van der Waals surface area contributed by atoms with Gasteiger partial charge in [0, 0.05) is 38.1 Å². The van der Waals surface area contributed by atoms with Gasteiger partial charge in [-0.3, -0.25) is 14.7 Å². The monoisotopic (exact) mass is 321 g/mol. The van der Waals surface area contributed by atoms with Gasteiger partial charge in [-0.1, -0.05) is 24.3 Å². The lowest BCUT2D eigenvalue weighted by Gasteiger charge is -2.22. The number of hydrogen-bond donors (Lipinski definition) is 0. The average molecular weight is 321 g/mol. The Bertz CT molecular complexity index is 706. The Morgan fingerprint density at radius 3 is 2.46 bits per heavy atom. The molecular weight excluding hydrogens is 298 g/mol. The molecule has 0 bridgehead atoms. The zero-order valence-corrected chi connectivity index (χ0v) is 14.1. The summed E-state index contributed by atoms with van der Waals surface area (Å²) in [4.78, 5) is 21.2. The van der Waals surface area contributed by atoms with Gasteiger partial charge in [-0.2, -0.15) is 0 Å². The van der Waals surface area contributed by atoms with Crippen LogP contribution in [-0.2, 0) is 24.2 Å². The molecule has 4 heteroatoms. The van der Waals surface area contributed by atoms with Crippen molar-refractivity contribution in [3.63, 3.8) is 0 Å². The van der Waals surface area contributed by atoms with Crippen LogP contribution in [0.3, 0.4) is 0 Å². The number of nitrogens with zero attached hydrogens (tertiary/aromatic N) is 3. The topological polar surface area (TPSA) is 36.2 Å². The molecule has 0 spiro atoms. The van der Waals surface area contributed by atoms with E-state index in [1.54, 1.807) is 12.4 Å². The number of carbonyl (C=O) groups is 1. The minimum Gasteiger partial charge on any atom is -0.337 e. The van der Waals surface area contributed by atoms with Gasteiger partial charge in [0.15, 0.2) is 0 Å². The van der Waals surface area contributed by atoms with Crippen LogP contribution in [-0.4, -0.2) is 45.9 Å². The molecule has 124 valence electrons. The molecule has 0 saturated carbocycles. The Kier molecular flexibility index (Phi) is 4.07. The number of carbonyl (C=O) groups excluding carboxylic acids is 1. The first-order chi connectivity index (χ1) is 11.8. The number of rotatable bonds is 5. The maximum Gasteiger partial charge on any atom is 0.241 e. The lowest BCUT2D eigenvalue weighted by Crippen LogP contribution is -2.36. The summed E-state index contributed by atoms with van der Waals surface area (Å²) >= 11 is 0. The molecule has 2 atom stereocenters. The predicted molar refractivity (Wildman–Crippen MR) is 93.5 cm³/mol. The van der Waals surface area contributed by atoms with Crippen molar-refractivity contribution in [1.29, 1.82) is 0 Å². The molecule has 1 aromatic heterocycles. The van der Waals surface area contributed by atoms with E-state index in [2.05, 4.69) is 41.1 Å². The van der Waals surface area contributed by atoms with Gasteiger partial charge in [0.25, 0.3) is 0 Å². The van der Waals surface area contributed by atoms with Gasteiger partial charge in [0.1, 0.15) is 6.04 Å². The van der Waals surface area contributed by atoms with E-state index < -0.39 is 0 Å². The molecule has 4 nitrogen and oxygen atoms in total. The molecule has 2 aliphatic rings. The molecule has 1 aromatic carbocycles. The van der Waals surface area contributed by atoms with E-state index in [-0.39, 0.29) is 11.9 Å². The summed E-state index contributed by atoms with van der Waals surface area (Å²) in [5.41, 5.74) is 4.04. The normalized spacial score (nSPS) is 22.2. The van der Waals surface area contributed by atoms with Gasteiger partial charge in [0.2, 0.25) is 5.91 Å². The molecule has 0 N–H and O–H groups in total. The first kappa shape index (κ1) is 15.3. The van der Waals surface area contributed by atoms with E-state index in [9.17, 15) is 4.79 Å². The second kappa shape index (κ2) is 6.36. The van der Waals surface area contributed by atoms with Gasteiger partial charge in [-0.15, -0.1) is 0 Å². The molecule has 0 radical (unpaired) electrons. The van der Waals surface area contributed by atoms with Gasteiger partial charge < -0.3 is 4.90 Å². The van der Waals surface area contributed by atoms with Crippen LogP contribution in [0.15, 0.2) is 48.8 Å². The summed E-state index contributed by atoms with van der Waals surface area (Å²) in [6.45, 7) is 4.38. The van der Waals surface area contributed by atoms with Crippen molar-refractivity contribution in [2.75, 3.05) is 13.1 Å². The Morgan fingerprint density at radius 2 is 1.83 bits per heavy atom. The number of pyridine rings is 1. The average Bonchev–Trinajstić information content (AvgIpc) is 3.31. The minimum absolute atomic E-state index is 0.0751.